The first-order valence-corrected chi connectivity index (χ1v) is 13.4. The van der Waals surface area contributed by atoms with Gasteiger partial charge in [-0.1, -0.05) is 69.6 Å². The zero-order chi connectivity index (χ0) is 28.4. The summed E-state index contributed by atoms with van der Waals surface area (Å²) in [5.74, 6) is 0.463. The van der Waals surface area contributed by atoms with Crippen molar-refractivity contribution in [3.05, 3.63) is 117 Å². The van der Waals surface area contributed by atoms with Gasteiger partial charge in [0, 0.05) is 52.2 Å². The van der Waals surface area contributed by atoms with Gasteiger partial charge in [-0.05, 0) is 41.4 Å². The molecule has 0 spiro atoms. The number of hydrazine groups is 1. The van der Waals surface area contributed by atoms with Crippen LogP contribution in [-0.4, -0.2) is 42.2 Å². The van der Waals surface area contributed by atoms with Gasteiger partial charge in [-0.15, -0.1) is 6.58 Å². The summed E-state index contributed by atoms with van der Waals surface area (Å²) in [5, 5.41) is 12.9. The van der Waals surface area contributed by atoms with E-state index in [-0.39, 0.29) is 18.9 Å². The Balaban J connectivity index is 1.83. The number of aliphatic hydroxyl groups excluding tert-OH is 1. The van der Waals surface area contributed by atoms with Crippen molar-refractivity contribution in [2.45, 2.75) is 24.5 Å². The molecule has 0 saturated heterocycles. The minimum atomic E-state index is -1.48. The number of rotatable bonds is 13. The Morgan fingerprint density at radius 2 is 1.95 bits per heavy atom. The lowest BCUT2D eigenvalue weighted by molar-refractivity contribution is -0.129. The molecule has 1 aliphatic heterocycles. The monoisotopic (exact) mass is 604 g/mol. The third kappa shape index (κ3) is 6.52. The summed E-state index contributed by atoms with van der Waals surface area (Å²) in [5.41, 5.74) is 15.7. The van der Waals surface area contributed by atoms with Crippen LogP contribution in [0.4, 0.5) is 5.69 Å². The molecular formula is C29H29BrN6O4. The number of hydrogen-bond donors (Lipinski definition) is 3. The van der Waals surface area contributed by atoms with E-state index in [4.69, 9.17) is 19.6 Å². The fourth-order valence-electron chi connectivity index (χ4n) is 4.35. The first-order valence-electron chi connectivity index (χ1n) is 12.6. The smallest absolute Gasteiger partial charge is 0.266 e. The number of aliphatic imine (C=N–C) groups is 1. The van der Waals surface area contributed by atoms with Gasteiger partial charge in [0.25, 0.3) is 5.91 Å². The molecule has 0 fully saturated rings. The first-order chi connectivity index (χ1) is 19.5. The normalized spacial score (nSPS) is 17.8. The first kappa shape index (κ1) is 28.8. The van der Waals surface area contributed by atoms with Gasteiger partial charge in [0.05, 0.1) is 6.61 Å². The van der Waals surface area contributed by atoms with Crippen LogP contribution in [0.1, 0.15) is 29.2 Å². The van der Waals surface area contributed by atoms with E-state index in [0.29, 0.717) is 42.1 Å². The summed E-state index contributed by atoms with van der Waals surface area (Å²) in [7, 11) is 0. The number of hydrogen-bond acceptors (Lipinski definition) is 7. The lowest BCUT2D eigenvalue weighted by atomic mass is 9.81. The van der Waals surface area contributed by atoms with Crippen molar-refractivity contribution >= 4 is 33.4 Å². The van der Waals surface area contributed by atoms with Crippen molar-refractivity contribution in [2.24, 2.45) is 10.1 Å². The minimum absolute atomic E-state index is 0.0464. The quantitative estimate of drug-likeness (QED) is 0.0593. The van der Waals surface area contributed by atoms with E-state index < -0.39 is 17.6 Å². The number of carbonyl (C=O) groups is 1. The van der Waals surface area contributed by atoms with Gasteiger partial charge in [-0.2, -0.15) is 0 Å². The third-order valence-electron chi connectivity index (χ3n) is 6.27. The number of ether oxygens (including phenoxy) is 2. The van der Waals surface area contributed by atoms with Gasteiger partial charge < -0.3 is 14.6 Å². The van der Waals surface area contributed by atoms with Crippen LogP contribution in [0, 0.1) is 0 Å². The minimum Gasteiger partial charge on any atom is -0.494 e. The van der Waals surface area contributed by atoms with E-state index in [0.717, 1.165) is 10.0 Å². The van der Waals surface area contributed by atoms with Crippen LogP contribution in [-0.2, 0) is 16.0 Å². The molecule has 0 saturated carbocycles. The van der Waals surface area contributed by atoms with Crippen molar-refractivity contribution in [1.29, 1.82) is 0 Å². The van der Waals surface area contributed by atoms with Gasteiger partial charge in [-0.25, -0.2) is 10.4 Å². The molecule has 206 valence electrons. The number of nitrogens with zero attached hydrogens (tertiary/aromatic N) is 4. The highest BCUT2D eigenvalue weighted by Crippen LogP contribution is 2.45. The van der Waals surface area contributed by atoms with E-state index in [1.807, 2.05) is 24.3 Å². The summed E-state index contributed by atoms with van der Waals surface area (Å²) >= 11 is 3.60. The summed E-state index contributed by atoms with van der Waals surface area (Å²) in [6, 6.07) is 21.7. The van der Waals surface area contributed by atoms with Crippen molar-refractivity contribution < 1.29 is 19.4 Å². The largest absolute Gasteiger partial charge is 0.494 e. The highest BCUT2D eigenvalue weighted by Gasteiger charge is 2.54. The fourth-order valence-corrected chi connectivity index (χ4v) is 4.78. The van der Waals surface area contributed by atoms with Gasteiger partial charge in [0.15, 0.2) is 11.6 Å². The zero-order valence-electron chi connectivity index (χ0n) is 21.7. The Kier molecular flexibility index (Phi) is 9.93. The summed E-state index contributed by atoms with van der Waals surface area (Å²) < 4.78 is 12.9. The van der Waals surface area contributed by atoms with Gasteiger partial charge >= 0.3 is 0 Å². The SMILES string of the molecule is C=CCNNC(=O)[C@@]1(Cc2ccccc2Br)N=C(c2ccc(OCCCO)cc2)O[C@H]1c1ccccc1N=[N+]=[N-]. The molecule has 1 heterocycles. The standard InChI is InChI=1S/C29H29BrN6O4/c1-2-16-32-35-28(38)29(19-21-8-3-5-10-24(21)30)26(23-9-4-6-11-25(23)34-36-31)40-27(33-29)20-12-14-22(15-13-20)39-18-7-17-37/h2-6,8-15,26,32,37H,1,7,16-19H2,(H,35,38)/t26-,29-/m0/s1. The number of carbonyl (C=O) groups excluding carboxylic acids is 1. The second-order valence-electron chi connectivity index (χ2n) is 8.93. The van der Waals surface area contributed by atoms with Crippen LogP contribution >= 0.6 is 15.9 Å². The summed E-state index contributed by atoms with van der Waals surface area (Å²) in [6.07, 6.45) is 1.40. The molecule has 3 aromatic rings. The van der Waals surface area contributed by atoms with E-state index in [9.17, 15) is 10.3 Å². The average Bonchev–Trinajstić information content (AvgIpc) is 3.35. The van der Waals surface area contributed by atoms with Gasteiger partial charge in [-0.3, -0.25) is 10.2 Å². The van der Waals surface area contributed by atoms with Crippen molar-refractivity contribution in [3.8, 4) is 5.75 Å². The fraction of sp³-hybridized carbons (Fsp3) is 0.241. The van der Waals surface area contributed by atoms with Crippen LogP contribution in [0.5, 0.6) is 5.75 Å². The molecule has 40 heavy (non-hydrogen) atoms. The molecule has 0 aliphatic carbocycles. The molecule has 0 aromatic heterocycles. The molecule has 0 unspecified atom stereocenters. The number of azide groups is 1. The topological polar surface area (TPSA) is 141 Å². The Hall–Kier alpha value is -4.15. The van der Waals surface area contributed by atoms with Crippen molar-refractivity contribution in [3.63, 3.8) is 0 Å². The Bertz CT molecular complexity index is 1420. The van der Waals surface area contributed by atoms with Crippen molar-refractivity contribution in [2.75, 3.05) is 19.8 Å². The Labute approximate surface area is 240 Å². The second-order valence-corrected chi connectivity index (χ2v) is 9.78. The van der Waals surface area contributed by atoms with Gasteiger partial charge in [0.1, 0.15) is 5.75 Å². The molecule has 1 aliphatic rings. The predicted molar refractivity (Wildman–Crippen MR) is 156 cm³/mol. The molecule has 2 atom stereocenters. The molecule has 3 aromatic carbocycles. The Morgan fingerprint density at radius 3 is 2.67 bits per heavy atom. The molecule has 4 rings (SSSR count). The maximum atomic E-state index is 14.0. The van der Waals surface area contributed by atoms with Gasteiger partial charge in [0.2, 0.25) is 5.90 Å². The van der Waals surface area contributed by atoms with Crippen LogP contribution < -0.4 is 15.6 Å². The summed E-state index contributed by atoms with van der Waals surface area (Å²) in [4.78, 5) is 22.0. The van der Waals surface area contributed by atoms with E-state index in [2.05, 4.69) is 43.4 Å². The maximum Gasteiger partial charge on any atom is 0.266 e. The molecular weight excluding hydrogens is 576 g/mol. The Morgan fingerprint density at radius 1 is 1.20 bits per heavy atom. The predicted octanol–water partition coefficient (Wildman–Crippen LogP) is 5.46. The van der Waals surface area contributed by atoms with Crippen LogP contribution in [0.15, 0.2) is 100 Å². The van der Waals surface area contributed by atoms with Crippen molar-refractivity contribution in [1.82, 2.24) is 10.9 Å². The molecule has 11 heteroatoms. The maximum absolute atomic E-state index is 14.0. The number of benzene rings is 3. The molecule has 3 N–H and O–H groups in total. The summed E-state index contributed by atoms with van der Waals surface area (Å²) in [6.45, 7) is 4.46. The average molecular weight is 605 g/mol. The zero-order valence-corrected chi connectivity index (χ0v) is 23.3. The molecule has 10 nitrogen and oxygen atoms in total. The second kappa shape index (κ2) is 13.8. The number of nitrogens with one attached hydrogen (secondary N) is 2. The van der Waals surface area contributed by atoms with E-state index in [1.165, 1.54) is 0 Å². The number of amides is 1. The molecule has 0 bridgehead atoms. The van der Waals surface area contributed by atoms with Crippen LogP contribution in [0.25, 0.3) is 10.4 Å². The lowest BCUT2D eigenvalue weighted by Gasteiger charge is -2.31. The number of halogens is 1. The molecule has 1 amide bonds. The third-order valence-corrected chi connectivity index (χ3v) is 7.04. The van der Waals surface area contributed by atoms with Crippen LogP contribution in [0.3, 0.4) is 0 Å². The lowest BCUT2D eigenvalue weighted by Crippen LogP contribution is -2.54. The number of aliphatic hydroxyl groups is 1. The molecule has 0 radical (unpaired) electrons. The van der Waals surface area contributed by atoms with E-state index >= 15 is 0 Å². The highest BCUT2D eigenvalue weighted by atomic mass is 79.9. The highest BCUT2D eigenvalue weighted by molar-refractivity contribution is 9.10. The van der Waals surface area contributed by atoms with E-state index in [1.54, 1.807) is 54.6 Å². The van der Waals surface area contributed by atoms with Crippen LogP contribution in [0.2, 0.25) is 0 Å².